The van der Waals surface area contributed by atoms with Crippen LogP contribution in [0.15, 0.2) is 47.8 Å². The van der Waals surface area contributed by atoms with Crippen molar-refractivity contribution in [2.75, 3.05) is 13.1 Å². The Morgan fingerprint density at radius 1 is 1.23 bits per heavy atom. The number of nitrogens with one attached hydrogen (secondary N) is 2. The van der Waals surface area contributed by atoms with Gasteiger partial charge in [0.1, 0.15) is 5.54 Å². The Balaban J connectivity index is 1.35. The molecule has 3 heterocycles. The van der Waals surface area contributed by atoms with E-state index < -0.39 is 17.5 Å². The summed E-state index contributed by atoms with van der Waals surface area (Å²) in [5.74, 6) is -0.776. The smallest absolute Gasteiger partial charge is 0.322 e. The highest BCUT2D eigenvalue weighted by Crippen LogP contribution is 2.34. The molecule has 2 fully saturated rings. The van der Waals surface area contributed by atoms with E-state index in [0.29, 0.717) is 12.8 Å². The van der Waals surface area contributed by atoms with Crippen molar-refractivity contribution < 1.29 is 14.4 Å². The van der Waals surface area contributed by atoms with Gasteiger partial charge >= 0.3 is 6.03 Å². The van der Waals surface area contributed by atoms with Crippen LogP contribution >= 0.6 is 11.3 Å². The first-order valence-electron chi connectivity index (χ1n) is 10.2. The number of aryl methyl sites for hydroxylation is 1. The fourth-order valence-corrected chi connectivity index (χ4v) is 5.05. The van der Waals surface area contributed by atoms with Gasteiger partial charge in [-0.2, -0.15) is 5.01 Å². The van der Waals surface area contributed by atoms with Gasteiger partial charge in [0.2, 0.25) is 0 Å². The quantitative estimate of drug-likeness (QED) is 0.667. The van der Waals surface area contributed by atoms with Crippen molar-refractivity contribution in [3.05, 3.63) is 58.3 Å². The Hall–Kier alpha value is -2.71. The van der Waals surface area contributed by atoms with Crippen molar-refractivity contribution in [3.8, 4) is 0 Å². The highest BCUT2D eigenvalue weighted by molar-refractivity contribution is 7.10. The summed E-state index contributed by atoms with van der Waals surface area (Å²) in [4.78, 5) is 41.3. The highest BCUT2D eigenvalue weighted by atomic mass is 32.1. The lowest BCUT2D eigenvalue weighted by atomic mass is 9.93. The molecular formula is C22H26N4O3S. The fourth-order valence-electron chi connectivity index (χ4n) is 4.16. The summed E-state index contributed by atoms with van der Waals surface area (Å²) in [5, 5.41) is 5.62. The second-order valence-corrected chi connectivity index (χ2v) is 9.05. The third kappa shape index (κ3) is 4.24. The zero-order chi connectivity index (χ0) is 21.1. The second kappa shape index (κ2) is 8.57. The molecule has 0 saturated carbocycles. The number of hydrogen-bond donors (Lipinski definition) is 2. The van der Waals surface area contributed by atoms with Crippen molar-refractivity contribution in [2.24, 2.45) is 0 Å². The Morgan fingerprint density at radius 3 is 2.77 bits per heavy atom. The molecule has 4 amide bonds. The van der Waals surface area contributed by atoms with E-state index in [0.717, 1.165) is 30.0 Å². The number of imide groups is 1. The van der Waals surface area contributed by atoms with Crippen LogP contribution in [0.4, 0.5) is 4.79 Å². The molecule has 2 saturated heterocycles. The van der Waals surface area contributed by atoms with Gasteiger partial charge in [0, 0.05) is 10.9 Å². The summed E-state index contributed by atoms with van der Waals surface area (Å²) in [6.45, 7) is 2.68. The summed E-state index contributed by atoms with van der Waals surface area (Å²) >= 11 is 1.69. The molecular weight excluding hydrogens is 400 g/mol. The number of urea groups is 1. The summed E-state index contributed by atoms with van der Waals surface area (Å²) in [6.07, 6.45) is 3.15. The van der Waals surface area contributed by atoms with Gasteiger partial charge in [-0.15, -0.1) is 11.3 Å². The molecule has 0 spiro atoms. The van der Waals surface area contributed by atoms with Gasteiger partial charge in [0.25, 0.3) is 11.8 Å². The first-order chi connectivity index (χ1) is 14.5. The molecule has 2 aliphatic heterocycles. The topological polar surface area (TPSA) is 81.8 Å². The van der Waals surface area contributed by atoms with Gasteiger partial charge < -0.3 is 5.32 Å². The molecule has 2 aromatic rings. The number of carbonyl (C=O) groups is 3. The minimum absolute atomic E-state index is 0.153. The molecule has 2 N–H and O–H groups in total. The third-order valence-corrected chi connectivity index (χ3v) is 6.81. The molecule has 30 heavy (non-hydrogen) atoms. The number of likely N-dealkylation sites (tertiary alicyclic amines) is 1. The normalized spacial score (nSPS) is 24.3. The van der Waals surface area contributed by atoms with Crippen molar-refractivity contribution in [2.45, 2.75) is 44.2 Å². The minimum atomic E-state index is -1.03. The average molecular weight is 427 g/mol. The lowest BCUT2D eigenvalue weighted by Gasteiger charge is -2.24. The number of amides is 4. The van der Waals surface area contributed by atoms with Crippen LogP contribution in [0.5, 0.6) is 0 Å². The van der Waals surface area contributed by atoms with Gasteiger partial charge in [-0.1, -0.05) is 36.4 Å². The minimum Gasteiger partial charge on any atom is -0.322 e. The maximum absolute atomic E-state index is 12.9. The van der Waals surface area contributed by atoms with Crippen molar-refractivity contribution in [1.82, 2.24) is 20.7 Å². The maximum Gasteiger partial charge on any atom is 0.344 e. The molecule has 8 heteroatoms. The summed E-state index contributed by atoms with van der Waals surface area (Å²) in [6, 6.07) is 13.5. The largest absolute Gasteiger partial charge is 0.344 e. The van der Waals surface area contributed by atoms with E-state index in [2.05, 4.69) is 21.7 Å². The SMILES string of the molecule is C[C@]1(CCc2ccccc2)NC(=O)N(NC(=O)CN2CCC[C@H]2c2cccs2)C1=O. The van der Waals surface area contributed by atoms with Crippen LogP contribution in [0.1, 0.15) is 42.7 Å². The lowest BCUT2D eigenvalue weighted by Crippen LogP contribution is -2.51. The summed E-state index contributed by atoms with van der Waals surface area (Å²) in [7, 11) is 0. The number of thiophene rings is 1. The van der Waals surface area contributed by atoms with E-state index >= 15 is 0 Å². The molecule has 0 aliphatic carbocycles. The molecule has 2 atom stereocenters. The fraction of sp³-hybridized carbons (Fsp3) is 0.409. The van der Waals surface area contributed by atoms with Gasteiger partial charge in [-0.25, -0.2) is 4.79 Å². The standard InChI is InChI=1S/C22H26N4O3S/c1-22(12-11-16-7-3-2-4-8-16)20(28)26(21(29)23-22)24-19(27)15-25-13-5-9-17(25)18-10-6-14-30-18/h2-4,6-8,10,14,17H,5,9,11-13,15H2,1H3,(H,23,29)(H,24,27)/t17-,22+/m0/s1. The molecule has 4 rings (SSSR count). The number of hydrogen-bond acceptors (Lipinski definition) is 5. The molecule has 0 radical (unpaired) electrons. The Kier molecular flexibility index (Phi) is 5.87. The molecule has 158 valence electrons. The first-order valence-corrected chi connectivity index (χ1v) is 11.1. The van der Waals surface area contributed by atoms with Gasteiger partial charge in [-0.3, -0.25) is 19.9 Å². The van der Waals surface area contributed by atoms with Gasteiger partial charge in [-0.05, 0) is 56.2 Å². The van der Waals surface area contributed by atoms with Crippen LogP contribution in [-0.4, -0.2) is 46.4 Å². The number of carbonyl (C=O) groups excluding carboxylic acids is 3. The summed E-state index contributed by atoms with van der Waals surface area (Å²) in [5.41, 5.74) is 2.58. The van der Waals surface area contributed by atoms with E-state index in [9.17, 15) is 14.4 Å². The molecule has 0 bridgehead atoms. The summed E-state index contributed by atoms with van der Waals surface area (Å²) < 4.78 is 0. The van der Waals surface area contributed by atoms with Crippen LogP contribution in [-0.2, 0) is 16.0 Å². The second-order valence-electron chi connectivity index (χ2n) is 8.07. The predicted octanol–water partition coefficient (Wildman–Crippen LogP) is 2.86. The molecule has 7 nitrogen and oxygen atoms in total. The van der Waals surface area contributed by atoms with Crippen LogP contribution in [0.25, 0.3) is 0 Å². The van der Waals surface area contributed by atoms with Gasteiger partial charge in [0.05, 0.1) is 6.54 Å². The highest BCUT2D eigenvalue weighted by Gasteiger charge is 2.48. The predicted molar refractivity (Wildman–Crippen MR) is 115 cm³/mol. The van der Waals surface area contributed by atoms with Crippen LogP contribution in [0.2, 0.25) is 0 Å². The van der Waals surface area contributed by atoms with Crippen molar-refractivity contribution in [1.29, 1.82) is 0 Å². The number of rotatable bonds is 7. The first kappa shape index (κ1) is 20.6. The number of nitrogens with zero attached hydrogens (tertiary/aromatic N) is 2. The lowest BCUT2D eigenvalue weighted by molar-refractivity contribution is -0.139. The van der Waals surface area contributed by atoms with Crippen molar-refractivity contribution in [3.63, 3.8) is 0 Å². The zero-order valence-electron chi connectivity index (χ0n) is 17.0. The molecule has 2 aliphatic rings. The molecule has 1 aromatic carbocycles. The molecule has 1 aromatic heterocycles. The number of benzene rings is 1. The zero-order valence-corrected chi connectivity index (χ0v) is 17.8. The average Bonchev–Trinajstić information content (AvgIpc) is 3.45. The number of hydrazine groups is 1. The van der Waals surface area contributed by atoms with Gasteiger partial charge in [0.15, 0.2) is 0 Å². The Labute approximate surface area is 180 Å². The van der Waals surface area contributed by atoms with E-state index in [-0.39, 0.29) is 18.5 Å². The van der Waals surface area contributed by atoms with E-state index in [1.54, 1.807) is 18.3 Å². The monoisotopic (exact) mass is 426 g/mol. The van der Waals surface area contributed by atoms with E-state index in [4.69, 9.17) is 0 Å². The van der Waals surface area contributed by atoms with E-state index in [1.807, 2.05) is 41.8 Å². The third-order valence-electron chi connectivity index (χ3n) is 5.84. The van der Waals surface area contributed by atoms with Crippen LogP contribution in [0.3, 0.4) is 0 Å². The maximum atomic E-state index is 12.9. The van der Waals surface area contributed by atoms with Crippen LogP contribution in [0, 0.1) is 0 Å². The van der Waals surface area contributed by atoms with E-state index in [1.165, 1.54) is 4.88 Å². The van der Waals surface area contributed by atoms with Crippen molar-refractivity contribution >= 4 is 29.2 Å². The molecule has 0 unspecified atom stereocenters. The van der Waals surface area contributed by atoms with Crippen LogP contribution < -0.4 is 10.7 Å². The Bertz CT molecular complexity index is 918. The Morgan fingerprint density at radius 2 is 2.03 bits per heavy atom.